The van der Waals surface area contributed by atoms with Crippen molar-refractivity contribution in [2.24, 2.45) is 0 Å². The molecule has 4 aromatic carbocycles. The smallest absolute Gasteiger partial charge is 0.229 e. The summed E-state index contributed by atoms with van der Waals surface area (Å²) in [6.45, 7) is 7.35. The second-order valence-electron chi connectivity index (χ2n) is 12.4. The van der Waals surface area contributed by atoms with Gasteiger partial charge in [-0.3, -0.25) is 0 Å². The third kappa shape index (κ3) is 9.23. The number of aliphatic hydroxyl groups is 2. The lowest BCUT2D eigenvalue weighted by atomic mass is 9.87. The Morgan fingerprint density at radius 1 is 0.600 bits per heavy atom. The summed E-state index contributed by atoms with van der Waals surface area (Å²) in [5.74, 6) is 0.508. The molecule has 0 unspecified atom stereocenters. The Bertz CT molecular complexity index is 1410. The molecule has 6 atom stereocenters. The van der Waals surface area contributed by atoms with E-state index in [1.807, 2.05) is 115 Å². The molecule has 1 fully saturated rings. The van der Waals surface area contributed by atoms with Gasteiger partial charge in [-0.25, -0.2) is 0 Å². The van der Waals surface area contributed by atoms with E-state index in [0.29, 0.717) is 12.4 Å². The molecule has 0 aromatic heterocycles. The number of ether oxygens (including phenoxy) is 5. The molecule has 0 amide bonds. The molecule has 7 nitrogen and oxygen atoms in total. The summed E-state index contributed by atoms with van der Waals surface area (Å²) in [5, 5.41) is 23.1. The Hall–Kier alpha value is -3.56. The van der Waals surface area contributed by atoms with Crippen molar-refractivity contribution in [3.8, 4) is 5.75 Å². The zero-order valence-corrected chi connectivity index (χ0v) is 26.2. The van der Waals surface area contributed by atoms with Gasteiger partial charge in [0, 0.05) is 0 Å². The van der Waals surface area contributed by atoms with E-state index in [4.69, 9.17) is 23.7 Å². The SMILES string of the molecule is CC(C)(C)c1ccc(O[C@H]2O[C@H](COCc3ccccc3)[C@@H](OCc3ccccc3)[C@H](OCc3ccccc3)[C@H](O)[C@H]2O)cc1. The molecule has 45 heavy (non-hydrogen) atoms. The van der Waals surface area contributed by atoms with Crippen molar-refractivity contribution in [3.63, 3.8) is 0 Å². The van der Waals surface area contributed by atoms with Crippen LogP contribution in [-0.4, -0.2) is 53.6 Å². The quantitative estimate of drug-likeness (QED) is 0.197. The van der Waals surface area contributed by atoms with Crippen LogP contribution in [0.25, 0.3) is 0 Å². The van der Waals surface area contributed by atoms with E-state index in [1.54, 1.807) is 0 Å². The van der Waals surface area contributed by atoms with Crippen LogP contribution < -0.4 is 4.74 Å². The molecular formula is C38H44O7. The van der Waals surface area contributed by atoms with Gasteiger partial charge >= 0.3 is 0 Å². The highest BCUT2D eigenvalue weighted by Crippen LogP contribution is 2.30. The fraction of sp³-hybridized carbons (Fsp3) is 0.368. The normalized spacial score (nSPS) is 23.8. The van der Waals surface area contributed by atoms with Crippen molar-refractivity contribution in [2.75, 3.05) is 6.61 Å². The summed E-state index contributed by atoms with van der Waals surface area (Å²) < 4.78 is 31.6. The van der Waals surface area contributed by atoms with Gasteiger partial charge < -0.3 is 33.9 Å². The molecule has 238 valence electrons. The molecule has 2 N–H and O–H groups in total. The first-order valence-corrected chi connectivity index (χ1v) is 15.5. The van der Waals surface area contributed by atoms with Crippen molar-refractivity contribution < 1.29 is 33.9 Å². The van der Waals surface area contributed by atoms with Crippen LogP contribution in [0.4, 0.5) is 0 Å². The molecule has 5 rings (SSSR count). The summed E-state index contributed by atoms with van der Waals surface area (Å²) in [6.07, 6.45) is -6.53. The minimum atomic E-state index is -1.44. The topological polar surface area (TPSA) is 86.6 Å². The van der Waals surface area contributed by atoms with Crippen LogP contribution in [0.5, 0.6) is 5.75 Å². The first-order valence-electron chi connectivity index (χ1n) is 15.5. The predicted octanol–water partition coefficient (Wildman–Crippen LogP) is 6.20. The minimum Gasteiger partial charge on any atom is -0.462 e. The molecule has 1 aliphatic rings. The van der Waals surface area contributed by atoms with Crippen LogP contribution in [0, 0.1) is 0 Å². The molecule has 0 saturated carbocycles. The van der Waals surface area contributed by atoms with Gasteiger partial charge in [-0.1, -0.05) is 124 Å². The van der Waals surface area contributed by atoms with Crippen molar-refractivity contribution in [1.29, 1.82) is 0 Å². The Morgan fingerprint density at radius 3 is 1.60 bits per heavy atom. The van der Waals surface area contributed by atoms with Crippen molar-refractivity contribution in [3.05, 3.63) is 138 Å². The lowest BCUT2D eigenvalue weighted by Gasteiger charge is -2.33. The zero-order valence-electron chi connectivity index (χ0n) is 26.2. The highest BCUT2D eigenvalue weighted by Gasteiger charge is 2.48. The number of benzene rings is 4. The first-order chi connectivity index (χ1) is 21.8. The molecule has 0 bridgehead atoms. The fourth-order valence-electron chi connectivity index (χ4n) is 5.29. The Kier molecular flexibility index (Phi) is 11.4. The second-order valence-corrected chi connectivity index (χ2v) is 12.4. The van der Waals surface area contributed by atoms with Gasteiger partial charge in [0.25, 0.3) is 0 Å². The van der Waals surface area contributed by atoms with Gasteiger partial charge in [-0.2, -0.15) is 0 Å². The average molecular weight is 613 g/mol. The van der Waals surface area contributed by atoms with E-state index >= 15 is 0 Å². The molecule has 0 radical (unpaired) electrons. The standard InChI is InChI=1S/C38H44O7/c1-38(2,3)30-19-21-31(22-20-30)44-37-34(40)33(39)36(43-25-29-17-11-6-12-18-29)35(42-24-28-15-9-5-10-16-28)32(45-37)26-41-23-27-13-7-4-8-14-27/h4-22,32-37,39-40H,23-26H2,1-3H3/t32-,33-,34-,35-,36-,37+/m1/s1. The van der Waals surface area contributed by atoms with E-state index in [0.717, 1.165) is 22.3 Å². The zero-order chi connectivity index (χ0) is 31.6. The lowest BCUT2D eigenvalue weighted by Crippen LogP contribution is -2.50. The highest BCUT2D eigenvalue weighted by atomic mass is 16.7. The molecular weight excluding hydrogens is 568 g/mol. The van der Waals surface area contributed by atoms with Gasteiger partial charge in [0.15, 0.2) is 0 Å². The van der Waals surface area contributed by atoms with E-state index < -0.39 is 36.8 Å². The summed E-state index contributed by atoms with van der Waals surface area (Å²) in [5.41, 5.74) is 4.01. The Morgan fingerprint density at radius 2 is 1.09 bits per heavy atom. The summed E-state index contributed by atoms with van der Waals surface area (Å²) in [4.78, 5) is 0. The number of aliphatic hydroxyl groups excluding tert-OH is 2. The number of hydrogen-bond donors (Lipinski definition) is 2. The van der Waals surface area contributed by atoms with Gasteiger partial charge in [-0.05, 0) is 39.8 Å². The average Bonchev–Trinajstić information content (AvgIpc) is 3.14. The first kappa shape index (κ1) is 32.8. The van der Waals surface area contributed by atoms with E-state index in [2.05, 4.69) is 20.8 Å². The predicted molar refractivity (Wildman–Crippen MR) is 173 cm³/mol. The fourth-order valence-corrected chi connectivity index (χ4v) is 5.29. The van der Waals surface area contributed by atoms with Crippen LogP contribution in [-0.2, 0) is 44.2 Å². The summed E-state index contributed by atoms with van der Waals surface area (Å²) in [6, 6.07) is 37.0. The van der Waals surface area contributed by atoms with Crippen molar-refractivity contribution in [1.82, 2.24) is 0 Å². The maximum absolute atomic E-state index is 11.6. The van der Waals surface area contributed by atoms with Crippen molar-refractivity contribution >= 4 is 0 Å². The third-order valence-corrected chi connectivity index (χ3v) is 7.90. The van der Waals surface area contributed by atoms with Gasteiger partial charge in [-0.15, -0.1) is 0 Å². The van der Waals surface area contributed by atoms with E-state index in [9.17, 15) is 10.2 Å². The molecule has 1 saturated heterocycles. The molecule has 1 aliphatic heterocycles. The third-order valence-electron chi connectivity index (χ3n) is 7.90. The highest BCUT2D eigenvalue weighted by molar-refractivity contribution is 5.31. The molecule has 0 spiro atoms. The van der Waals surface area contributed by atoms with Gasteiger partial charge in [0.05, 0.1) is 26.4 Å². The van der Waals surface area contributed by atoms with Crippen LogP contribution in [0.15, 0.2) is 115 Å². The maximum atomic E-state index is 11.6. The maximum Gasteiger partial charge on any atom is 0.229 e. The number of hydrogen-bond acceptors (Lipinski definition) is 7. The monoisotopic (exact) mass is 612 g/mol. The van der Waals surface area contributed by atoms with Crippen LogP contribution in [0.3, 0.4) is 0 Å². The summed E-state index contributed by atoms with van der Waals surface area (Å²) in [7, 11) is 0. The van der Waals surface area contributed by atoms with E-state index in [-0.39, 0.29) is 25.2 Å². The Balaban J connectivity index is 1.42. The van der Waals surface area contributed by atoms with Crippen LogP contribution >= 0.6 is 0 Å². The largest absolute Gasteiger partial charge is 0.462 e. The van der Waals surface area contributed by atoms with Crippen LogP contribution in [0.1, 0.15) is 43.0 Å². The van der Waals surface area contributed by atoms with Gasteiger partial charge in [0.1, 0.15) is 36.3 Å². The van der Waals surface area contributed by atoms with Crippen molar-refractivity contribution in [2.45, 2.75) is 82.8 Å². The molecule has 4 aromatic rings. The number of rotatable bonds is 12. The van der Waals surface area contributed by atoms with Crippen LogP contribution in [0.2, 0.25) is 0 Å². The lowest BCUT2D eigenvalue weighted by molar-refractivity contribution is -0.206. The molecule has 7 heteroatoms. The molecule has 1 heterocycles. The van der Waals surface area contributed by atoms with Gasteiger partial charge in [0.2, 0.25) is 6.29 Å². The Labute approximate surface area is 266 Å². The van der Waals surface area contributed by atoms with E-state index in [1.165, 1.54) is 0 Å². The summed E-state index contributed by atoms with van der Waals surface area (Å²) >= 11 is 0. The minimum absolute atomic E-state index is 0.0269. The second kappa shape index (κ2) is 15.6. The molecule has 0 aliphatic carbocycles.